The Morgan fingerprint density at radius 3 is 1.73 bits per heavy atom. The van der Waals surface area contributed by atoms with E-state index in [0.29, 0.717) is 6.42 Å². The van der Waals surface area contributed by atoms with Crippen LogP contribution < -0.4 is 11.1 Å². The molecule has 3 atom stereocenters. The third-order valence-corrected chi connectivity index (χ3v) is 9.36. The van der Waals surface area contributed by atoms with Crippen molar-refractivity contribution in [3.8, 4) is 0 Å². The molecule has 0 radical (unpaired) electrons. The number of amides is 1. The molecule has 9 heteroatoms. The number of nitrogens with two attached hydrogens (primary N) is 1. The molecule has 0 spiro atoms. The molecule has 0 aliphatic heterocycles. The number of aliphatic hydroxyl groups is 1. The van der Waals surface area contributed by atoms with Crippen molar-refractivity contribution in [1.29, 1.82) is 0 Å². The lowest BCUT2D eigenvalue weighted by atomic mass is 10.1. The van der Waals surface area contributed by atoms with Gasteiger partial charge in [0, 0.05) is 13.0 Å². The molecule has 0 saturated heterocycles. The molecule has 0 rings (SSSR count). The fraction of sp³-hybridized carbons (Fsp3) is 0.775. The monoisotopic (exact) mass is 711 g/mol. The molecule has 0 aromatic rings. The van der Waals surface area contributed by atoms with Crippen LogP contribution in [0.3, 0.4) is 0 Å². The van der Waals surface area contributed by atoms with E-state index in [-0.39, 0.29) is 25.7 Å². The number of phosphoric acid groups is 1. The van der Waals surface area contributed by atoms with Gasteiger partial charge in [-0.1, -0.05) is 146 Å². The van der Waals surface area contributed by atoms with E-state index in [1.165, 1.54) is 89.9 Å². The highest BCUT2D eigenvalue weighted by atomic mass is 31.2. The number of hydrogen-bond acceptors (Lipinski definition) is 6. The van der Waals surface area contributed by atoms with Crippen LogP contribution in [-0.4, -0.2) is 47.8 Å². The maximum atomic E-state index is 12.7. The van der Waals surface area contributed by atoms with Crippen LogP contribution in [0.25, 0.3) is 0 Å². The van der Waals surface area contributed by atoms with E-state index < -0.39 is 20.0 Å². The van der Waals surface area contributed by atoms with Gasteiger partial charge in [0.05, 0.1) is 25.4 Å². The van der Waals surface area contributed by atoms with Crippen LogP contribution in [0.5, 0.6) is 0 Å². The minimum absolute atomic E-state index is 0.0711. The van der Waals surface area contributed by atoms with Crippen LogP contribution in [0.15, 0.2) is 48.6 Å². The second-order valence-electron chi connectivity index (χ2n) is 13.1. The summed E-state index contributed by atoms with van der Waals surface area (Å²) in [6, 6.07) is -0.880. The van der Waals surface area contributed by atoms with Crippen LogP contribution in [0.2, 0.25) is 0 Å². The van der Waals surface area contributed by atoms with E-state index in [0.717, 1.165) is 57.8 Å². The molecule has 3 unspecified atom stereocenters. The lowest BCUT2D eigenvalue weighted by molar-refractivity contribution is -0.123. The third-order valence-electron chi connectivity index (χ3n) is 8.38. The highest BCUT2D eigenvalue weighted by molar-refractivity contribution is 7.47. The summed E-state index contributed by atoms with van der Waals surface area (Å²) in [5.74, 6) is -0.215. The van der Waals surface area contributed by atoms with Crippen molar-refractivity contribution in [2.45, 2.75) is 180 Å². The smallest absolute Gasteiger partial charge is 0.387 e. The van der Waals surface area contributed by atoms with E-state index in [2.05, 4.69) is 55.6 Å². The summed E-state index contributed by atoms with van der Waals surface area (Å²) in [7, 11) is -4.34. The zero-order chi connectivity index (χ0) is 36.1. The Labute approximate surface area is 301 Å². The Morgan fingerprint density at radius 1 is 0.673 bits per heavy atom. The minimum atomic E-state index is -4.34. The van der Waals surface area contributed by atoms with E-state index in [1.807, 2.05) is 6.08 Å². The van der Waals surface area contributed by atoms with Gasteiger partial charge in [-0.15, -0.1) is 0 Å². The van der Waals surface area contributed by atoms with Crippen LogP contribution in [0, 0.1) is 0 Å². The molecular weight excluding hydrogens is 635 g/mol. The van der Waals surface area contributed by atoms with E-state index >= 15 is 0 Å². The zero-order valence-corrected chi connectivity index (χ0v) is 32.3. The highest BCUT2D eigenvalue weighted by Gasteiger charge is 2.26. The first-order valence-electron chi connectivity index (χ1n) is 19.8. The van der Waals surface area contributed by atoms with Gasteiger partial charge in [0.25, 0.3) is 0 Å². The van der Waals surface area contributed by atoms with Crippen molar-refractivity contribution >= 4 is 13.7 Å². The Morgan fingerprint density at radius 2 is 1.14 bits per heavy atom. The van der Waals surface area contributed by atoms with Gasteiger partial charge < -0.3 is 21.1 Å². The maximum Gasteiger partial charge on any atom is 0.472 e. The topological polar surface area (TPSA) is 131 Å². The average Bonchev–Trinajstić information content (AvgIpc) is 3.09. The van der Waals surface area contributed by atoms with Crippen molar-refractivity contribution in [1.82, 2.24) is 5.32 Å². The van der Waals surface area contributed by atoms with Gasteiger partial charge in [-0.05, 0) is 64.2 Å². The van der Waals surface area contributed by atoms with Gasteiger partial charge in [-0.25, -0.2) is 4.57 Å². The average molecular weight is 711 g/mol. The molecule has 0 heterocycles. The molecule has 0 aromatic carbocycles. The van der Waals surface area contributed by atoms with Crippen LogP contribution >= 0.6 is 7.82 Å². The largest absolute Gasteiger partial charge is 0.472 e. The SMILES string of the molecule is CCCCC/C=C\C/C=C\CCCCCCCCCC(=O)NC(COP(=O)(O)OCCN)C(O)/C=C/CC/C=C/CCCCCCCCC. The maximum absolute atomic E-state index is 12.7. The van der Waals surface area contributed by atoms with Gasteiger partial charge in [-0.2, -0.15) is 0 Å². The Bertz CT molecular complexity index is 907. The predicted molar refractivity (Wildman–Crippen MR) is 207 cm³/mol. The van der Waals surface area contributed by atoms with Crippen molar-refractivity contribution in [2.75, 3.05) is 19.8 Å². The summed E-state index contributed by atoms with van der Waals surface area (Å²) in [5.41, 5.74) is 5.35. The van der Waals surface area contributed by atoms with Crippen molar-refractivity contribution < 1.29 is 28.4 Å². The van der Waals surface area contributed by atoms with Crippen molar-refractivity contribution in [3.05, 3.63) is 48.6 Å². The lowest BCUT2D eigenvalue weighted by Gasteiger charge is -2.23. The summed E-state index contributed by atoms with van der Waals surface area (Å²) in [6.07, 6.45) is 43.0. The molecule has 1 amide bonds. The quantitative estimate of drug-likeness (QED) is 0.0289. The van der Waals surface area contributed by atoms with Gasteiger partial charge in [-0.3, -0.25) is 13.8 Å². The van der Waals surface area contributed by atoms with Crippen LogP contribution in [0.1, 0.15) is 168 Å². The highest BCUT2D eigenvalue weighted by Crippen LogP contribution is 2.43. The number of allylic oxidation sites excluding steroid dienone is 7. The minimum Gasteiger partial charge on any atom is -0.387 e. The second kappa shape index (κ2) is 36.3. The van der Waals surface area contributed by atoms with Gasteiger partial charge >= 0.3 is 7.82 Å². The number of phosphoric ester groups is 1. The molecule has 0 aliphatic carbocycles. The molecule has 8 nitrogen and oxygen atoms in total. The Kier molecular flexibility index (Phi) is 35.1. The first-order valence-corrected chi connectivity index (χ1v) is 21.3. The first-order chi connectivity index (χ1) is 23.9. The number of rotatable bonds is 36. The zero-order valence-electron chi connectivity index (χ0n) is 31.4. The number of nitrogens with one attached hydrogen (secondary N) is 1. The lowest BCUT2D eigenvalue weighted by Crippen LogP contribution is -2.45. The van der Waals surface area contributed by atoms with E-state index in [1.54, 1.807) is 6.08 Å². The molecule has 49 heavy (non-hydrogen) atoms. The normalized spacial score (nSPS) is 14.8. The van der Waals surface area contributed by atoms with E-state index in [9.17, 15) is 19.4 Å². The molecule has 0 aliphatic rings. The summed E-state index contributed by atoms with van der Waals surface area (Å²) in [5, 5.41) is 13.6. The summed E-state index contributed by atoms with van der Waals surface area (Å²) in [6.45, 7) is 4.05. The fourth-order valence-corrected chi connectivity index (χ4v) is 6.11. The molecule has 0 fully saturated rings. The number of hydrogen-bond donors (Lipinski definition) is 4. The number of unbranched alkanes of at least 4 members (excludes halogenated alkanes) is 18. The number of carbonyl (C=O) groups is 1. The first kappa shape index (κ1) is 47.5. The Hall–Kier alpha value is -1.54. The fourth-order valence-electron chi connectivity index (χ4n) is 5.35. The van der Waals surface area contributed by atoms with Crippen LogP contribution in [-0.2, 0) is 18.4 Å². The molecule has 0 saturated carbocycles. The van der Waals surface area contributed by atoms with Gasteiger partial charge in [0.15, 0.2) is 0 Å². The number of carbonyl (C=O) groups excluding carboxylic acids is 1. The van der Waals surface area contributed by atoms with Crippen molar-refractivity contribution in [2.24, 2.45) is 5.73 Å². The summed E-state index contributed by atoms with van der Waals surface area (Å²) < 4.78 is 22.0. The number of aliphatic hydroxyl groups excluding tert-OH is 1. The Balaban J connectivity index is 4.34. The van der Waals surface area contributed by atoms with Gasteiger partial charge in [0.2, 0.25) is 5.91 Å². The summed E-state index contributed by atoms with van der Waals surface area (Å²) in [4.78, 5) is 22.6. The van der Waals surface area contributed by atoms with Gasteiger partial charge in [0.1, 0.15) is 0 Å². The molecule has 286 valence electrons. The summed E-state index contributed by atoms with van der Waals surface area (Å²) >= 11 is 0. The van der Waals surface area contributed by atoms with Crippen LogP contribution in [0.4, 0.5) is 0 Å². The molecular formula is C40H75N2O6P. The standard InChI is InChI=1S/C40H75N2O6P/c1-3-5-7-9-11-13-15-17-18-19-20-22-24-26-28-30-32-34-40(44)42-38(37-48-49(45,46)47-36-35-41)39(43)33-31-29-27-25-23-21-16-14-12-10-8-6-4-2/h11,13,17-18,23,25,31,33,38-39,43H,3-10,12,14-16,19-22,24,26-30,32,34-37,41H2,1-2H3,(H,42,44)(H,45,46)/b13-11-,18-17-,25-23+,33-31+. The molecule has 0 bridgehead atoms. The van der Waals surface area contributed by atoms with E-state index in [4.69, 9.17) is 14.8 Å². The van der Waals surface area contributed by atoms with Crippen molar-refractivity contribution in [3.63, 3.8) is 0 Å². The molecule has 0 aromatic heterocycles. The molecule has 5 N–H and O–H groups in total. The second-order valence-corrected chi connectivity index (χ2v) is 14.6. The third kappa shape index (κ3) is 34.7. The predicted octanol–water partition coefficient (Wildman–Crippen LogP) is 10.6.